The van der Waals surface area contributed by atoms with Crippen molar-refractivity contribution in [1.29, 1.82) is 0 Å². The molecule has 100 valence electrons. The lowest BCUT2D eigenvalue weighted by atomic mass is 10.2. The molecule has 0 amide bonds. The highest BCUT2D eigenvalue weighted by molar-refractivity contribution is 7.09. The molecule has 2 fully saturated rings. The average molecular weight is 268 g/mol. The van der Waals surface area contributed by atoms with Crippen molar-refractivity contribution in [2.75, 3.05) is 37.7 Å². The maximum absolute atomic E-state index is 5.57. The van der Waals surface area contributed by atoms with E-state index in [4.69, 9.17) is 9.72 Å². The van der Waals surface area contributed by atoms with Gasteiger partial charge >= 0.3 is 0 Å². The highest BCUT2D eigenvalue weighted by Gasteiger charge is 2.30. The molecule has 1 aromatic rings. The largest absolute Gasteiger partial charge is 0.377 e. The van der Waals surface area contributed by atoms with Gasteiger partial charge in [-0.05, 0) is 19.4 Å². The predicted molar refractivity (Wildman–Crippen MR) is 72.4 cm³/mol. The number of nitrogens with one attached hydrogen (secondary N) is 1. The molecule has 3 rings (SSSR count). The molecule has 1 saturated heterocycles. The van der Waals surface area contributed by atoms with Gasteiger partial charge in [0, 0.05) is 30.5 Å². The molecule has 1 aliphatic heterocycles. The van der Waals surface area contributed by atoms with Gasteiger partial charge in [-0.25, -0.2) is 4.98 Å². The van der Waals surface area contributed by atoms with Crippen molar-refractivity contribution in [3.63, 3.8) is 0 Å². The smallest absolute Gasteiger partial charge is 0.205 e. The average Bonchev–Trinajstić information content (AvgIpc) is 3.15. The maximum atomic E-state index is 5.57. The van der Waals surface area contributed by atoms with E-state index in [1.54, 1.807) is 11.5 Å². The first-order valence-electron chi connectivity index (χ1n) is 6.77. The Hall–Kier alpha value is -0.720. The zero-order valence-corrected chi connectivity index (χ0v) is 11.6. The third kappa shape index (κ3) is 2.65. The molecular weight excluding hydrogens is 248 g/mol. The van der Waals surface area contributed by atoms with Crippen molar-refractivity contribution in [2.45, 2.75) is 31.7 Å². The Morgan fingerprint density at radius 2 is 2.39 bits per heavy atom. The van der Waals surface area contributed by atoms with E-state index >= 15 is 0 Å². The fourth-order valence-corrected chi connectivity index (χ4v) is 3.08. The lowest BCUT2D eigenvalue weighted by molar-refractivity contribution is 0.0939. The third-order valence-electron chi connectivity index (χ3n) is 3.48. The van der Waals surface area contributed by atoms with Crippen LogP contribution >= 0.6 is 11.5 Å². The lowest BCUT2D eigenvalue weighted by Gasteiger charge is -2.35. The van der Waals surface area contributed by atoms with Crippen LogP contribution in [0, 0.1) is 0 Å². The molecule has 0 spiro atoms. The summed E-state index contributed by atoms with van der Waals surface area (Å²) >= 11 is 1.54. The van der Waals surface area contributed by atoms with Crippen molar-refractivity contribution in [3.8, 4) is 0 Å². The molecule has 1 atom stereocenters. The summed E-state index contributed by atoms with van der Waals surface area (Å²) in [5, 5.41) is 4.47. The van der Waals surface area contributed by atoms with E-state index in [2.05, 4.69) is 21.5 Å². The quantitative estimate of drug-likeness (QED) is 0.870. The molecule has 0 bridgehead atoms. The van der Waals surface area contributed by atoms with Crippen molar-refractivity contribution in [2.24, 2.45) is 0 Å². The highest BCUT2D eigenvalue weighted by atomic mass is 32.1. The summed E-state index contributed by atoms with van der Waals surface area (Å²) in [7, 11) is 0. The van der Waals surface area contributed by atoms with E-state index < -0.39 is 0 Å². The molecular formula is C12H20N4OS. The van der Waals surface area contributed by atoms with Gasteiger partial charge in [0.15, 0.2) is 0 Å². The van der Waals surface area contributed by atoms with Gasteiger partial charge in [-0.15, -0.1) is 0 Å². The SMILES string of the molecule is CCNCC1COCCN1c1nc(C2CC2)ns1. The minimum Gasteiger partial charge on any atom is -0.377 e. The molecule has 2 heterocycles. The molecule has 1 aromatic heterocycles. The van der Waals surface area contributed by atoms with E-state index in [-0.39, 0.29) is 0 Å². The van der Waals surface area contributed by atoms with Crippen LogP contribution in [0.1, 0.15) is 31.5 Å². The maximum Gasteiger partial charge on any atom is 0.205 e. The Bertz CT molecular complexity index is 393. The standard InChI is InChI=1S/C12H20N4OS/c1-2-13-7-10-8-17-6-5-16(10)12-14-11(15-18-12)9-3-4-9/h9-10,13H,2-8H2,1H3. The van der Waals surface area contributed by atoms with Gasteiger partial charge in [0.05, 0.1) is 19.3 Å². The van der Waals surface area contributed by atoms with E-state index in [1.807, 2.05) is 0 Å². The minimum atomic E-state index is 0.388. The molecule has 1 aliphatic carbocycles. The first-order valence-corrected chi connectivity index (χ1v) is 7.54. The Kier molecular flexibility index (Phi) is 3.77. The van der Waals surface area contributed by atoms with Gasteiger partial charge in [0.1, 0.15) is 5.82 Å². The van der Waals surface area contributed by atoms with Crippen LogP contribution in [0.15, 0.2) is 0 Å². The molecule has 2 aliphatic rings. The molecule has 5 nitrogen and oxygen atoms in total. The summed E-state index contributed by atoms with van der Waals surface area (Å²) in [6.45, 7) is 6.58. The number of nitrogens with zero attached hydrogens (tertiary/aromatic N) is 3. The predicted octanol–water partition coefficient (Wildman–Crippen LogP) is 1.23. The van der Waals surface area contributed by atoms with Crippen molar-refractivity contribution in [3.05, 3.63) is 5.82 Å². The Balaban J connectivity index is 1.69. The number of rotatable bonds is 5. The number of ether oxygens (including phenoxy) is 1. The van der Waals surface area contributed by atoms with E-state index in [9.17, 15) is 0 Å². The van der Waals surface area contributed by atoms with Crippen LogP contribution in [0.25, 0.3) is 0 Å². The van der Waals surface area contributed by atoms with Gasteiger partial charge in [0.2, 0.25) is 5.13 Å². The van der Waals surface area contributed by atoms with Gasteiger partial charge in [0.25, 0.3) is 0 Å². The van der Waals surface area contributed by atoms with E-state index in [0.29, 0.717) is 12.0 Å². The second-order valence-corrected chi connectivity index (χ2v) is 5.67. The van der Waals surface area contributed by atoms with Crippen LogP contribution < -0.4 is 10.2 Å². The summed E-state index contributed by atoms with van der Waals surface area (Å²) < 4.78 is 10.1. The van der Waals surface area contributed by atoms with Crippen LogP contribution in [0.3, 0.4) is 0 Å². The second kappa shape index (κ2) is 5.50. The number of anilines is 1. The third-order valence-corrected chi connectivity index (χ3v) is 4.24. The fraction of sp³-hybridized carbons (Fsp3) is 0.833. The summed E-state index contributed by atoms with van der Waals surface area (Å²) in [4.78, 5) is 7.06. The number of aromatic nitrogens is 2. The van der Waals surface area contributed by atoms with Crippen molar-refractivity contribution >= 4 is 16.7 Å². The summed E-state index contributed by atoms with van der Waals surface area (Å²) in [5.41, 5.74) is 0. The molecule has 0 aromatic carbocycles. The van der Waals surface area contributed by atoms with Gasteiger partial charge < -0.3 is 15.0 Å². The van der Waals surface area contributed by atoms with Crippen LogP contribution in [-0.4, -0.2) is 48.2 Å². The Labute approximate surface area is 112 Å². The molecule has 1 unspecified atom stereocenters. The summed E-state index contributed by atoms with van der Waals surface area (Å²) in [6.07, 6.45) is 2.53. The lowest BCUT2D eigenvalue weighted by Crippen LogP contribution is -2.50. The minimum absolute atomic E-state index is 0.388. The topological polar surface area (TPSA) is 50.3 Å². The molecule has 6 heteroatoms. The van der Waals surface area contributed by atoms with Crippen LogP contribution in [-0.2, 0) is 4.74 Å². The Morgan fingerprint density at radius 1 is 1.50 bits per heavy atom. The summed E-state index contributed by atoms with van der Waals surface area (Å²) in [5.74, 6) is 1.70. The number of hydrogen-bond donors (Lipinski definition) is 1. The number of likely N-dealkylation sites (N-methyl/N-ethyl adjacent to an activating group) is 1. The van der Waals surface area contributed by atoms with Crippen LogP contribution in [0.4, 0.5) is 5.13 Å². The Morgan fingerprint density at radius 3 is 3.17 bits per heavy atom. The molecule has 18 heavy (non-hydrogen) atoms. The number of hydrogen-bond acceptors (Lipinski definition) is 6. The van der Waals surface area contributed by atoms with E-state index in [0.717, 1.165) is 43.8 Å². The zero-order chi connectivity index (χ0) is 12.4. The van der Waals surface area contributed by atoms with Gasteiger partial charge in [-0.1, -0.05) is 6.92 Å². The van der Waals surface area contributed by atoms with Crippen molar-refractivity contribution in [1.82, 2.24) is 14.7 Å². The fourth-order valence-electron chi connectivity index (χ4n) is 2.24. The van der Waals surface area contributed by atoms with Gasteiger partial charge in [-0.3, -0.25) is 0 Å². The monoisotopic (exact) mass is 268 g/mol. The second-order valence-electron chi connectivity index (χ2n) is 4.94. The normalized spacial score (nSPS) is 24.5. The van der Waals surface area contributed by atoms with E-state index in [1.165, 1.54) is 12.8 Å². The zero-order valence-electron chi connectivity index (χ0n) is 10.8. The first kappa shape index (κ1) is 12.3. The highest BCUT2D eigenvalue weighted by Crippen LogP contribution is 2.40. The molecule has 0 radical (unpaired) electrons. The summed E-state index contributed by atoms with van der Waals surface area (Å²) in [6, 6.07) is 0.388. The number of morpholine rings is 1. The van der Waals surface area contributed by atoms with Crippen molar-refractivity contribution < 1.29 is 4.74 Å². The van der Waals surface area contributed by atoms with Gasteiger partial charge in [-0.2, -0.15) is 4.37 Å². The van der Waals surface area contributed by atoms with Crippen LogP contribution in [0.5, 0.6) is 0 Å². The first-order chi connectivity index (χ1) is 8.88. The van der Waals surface area contributed by atoms with Crippen LogP contribution in [0.2, 0.25) is 0 Å². The molecule has 1 saturated carbocycles. The molecule has 1 N–H and O–H groups in total.